The summed E-state index contributed by atoms with van der Waals surface area (Å²) in [6.07, 6.45) is 4.04. The van der Waals surface area contributed by atoms with Gasteiger partial charge in [0.05, 0.1) is 0 Å². The molecule has 0 spiro atoms. The van der Waals surface area contributed by atoms with Crippen LogP contribution in [0.1, 0.15) is 52.9 Å². The van der Waals surface area contributed by atoms with Crippen molar-refractivity contribution in [2.24, 2.45) is 5.41 Å². The van der Waals surface area contributed by atoms with Crippen molar-refractivity contribution in [3.05, 3.63) is 0 Å². The smallest absolute Gasteiger partial charge is 0.225 e. The maximum atomic E-state index is 12.2. The molecule has 0 saturated carbocycles. The Morgan fingerprint density at radius 2 is 2.05 bits per heavy atom. The van der Waals surface area contributed by atoms with Gasteiger partial charge in [-0.25, -0.2) is 0 Å². The Balaban J connectivity index is 2.33. The molecule has 1 rings (SSSR count). The third-order valence-corrected chi connectivity index (χ3v) is 3.70. The number of hydrogen-bond donors (Lipinski definition) is 2. The van der Waals surface area contributed by atoms with Gasteiger partial charge in [-0.15, -0.1) is 0 Å². The highest BCUT2D eigenvalue weighted by molar-refractivity contribution is 5.82. The van der Waals surface area contributed by atoms with Crippen molar-refractivity contribution in [3.8, 4) is 0 Å². The summed E-state index contributed by atoms with van der Waals surface area (Å²) in [5.74, 6) is 0.0863. The Morgan fingerprint density at radius 3 is 2.65 bits per heavy atom. The monoisotopic (exact) mass is 284 g/mol. The van der Waals surface area contributed by atoms with E-state index in [4.69, 9.17) is 5.11 Å². The number of nitrogens with one attached hydrogen (secondary N) is 1. The molecule has 1 aliphatic heterocycles. The van der Waals surface area contributed by atoms with Crippen molar-refractivity contribution < 1.29 is 14.7 Å². The van der Waals surface area contributed by atoms with Crippen LogP contribution in [-0.4, -0.2) is 47.6 Å². The molecule has 0 aliphatic carbocycles. The van der Waals surface area contributed by atoms with Gasteiger partial charge >= 0.3 is 0 Å². The first-order valence-electron chi connectivity index (χ1n) is 7.55. The number of carbonyl (C=O) groups excluding carboxylic acids is 2. The molecule has 5 nitrogen and oxygen atoms in total. The van der Waals surface area contributed by atoms with Gasteiger partial charge in [-0.1, -0.05) is 20.8 Å². The Kier molecular flexibility index (Phi) is 6.46. The molecule has 0 aromatic carbocycles. The van der Waals surface area contributed by atoms with Crippen molar-refractivity contribution in [3.63, 3.8) is 0 Å². The third-order valence-electron chi connectivity index (χ3n) is 3.70. The summed E-state index contributed by atoms with van der Waals surface area (Å²) in [5.41, 5.74) is -0.416. The van der Waals surface area contributed by atoms with E-state index in [1.165, 1.54) is 0 Å². The van der Waals surface area contributed by atoms with Crippen molar-refractivity contribution in [2.75, 3.05) is 19.7 Å². The van der Waals surface area contributed by atoms with Crippen LogP contribution >= 0.6 is 0 Å². The summed E-state index contributed by atoms with van der Waals surface area (Å²) in [4.78, 5) is 25.8. The van der Waals surface area contributed by atoms with Gasteiger partial charge in [-0.2, -0.15) is 0 Å². The number of aliphatic hydroxyl groups is 1. The fraction of sp³-hybridized carbons (Fsp3) is 0.867. The van der Waals surface area contributed by atoms with Crippen LogP contribution in [0.15, 0.2) is 0 Å². The standard InChI is InChI=1S/C15H28N2O3/c1-15(2,3)14(20)16-9-8-13(19)17-10-4-6-12(17)7-5-11-18/h12,18H,4-11H2,1-3H3,(H,16,20). The van der Waals surface area contributed by atoms with Gasteiger partial charge < -0.3 is 15.3 Å². The number of carbonyl (C=O) groups is 2. The minimum atomic E-state index is -0.416. The van der Waals surface area contributed by atoms with Crippen LogP contribution in [0.4, 0.5) is 0 Å². The van der Waals surface area contributed by atoms with Gasteiger partial charge in [0.2, 0.25) is 11.8 Å². The van der Waals surface area contributed by atoms with E-state index in [0.29, 0.717) is 13.0 Å². The number of hydrogen-bond acceptors (Lipinski definition) is 3. The fourth-order valence-electron chi connectivity index (χ4n) is 2.48. The highest BCUT2D eigenvalue weighted by Crippen LogP contribution is 2.22. The number of rotatable bonds is 6. The van der Waals surface area contributed by atoms with E-state index >= 15 is 0 Å². The highest BCUT2D eigenvalue weighted by Gasteiger charge is 2.28. The minimum Gasteiger partial charge on any atom is -0.396 e. The van der Waals surface area contributed by atoms with Crippen LogP contribution in [0, 0.1) is 5.41 Å². The molecule has 1 atom stereocenters. The Bertz CT molecular complexity index is 337. The molecular weight excluding hydrogens is 256 g/mol. The molecule has 1 aliphatic rings. The van der Waals surface area contributed by atoms with Crippen LogP contribution < -0.4 is 5.32 Å². The zero-order chi connectivity index (χ0) is 15.2. The molecule has 1 saturated heterocycles. The largest absolute Gasteiger partial charge is 0.396 e. The summed E-state index contributed by atoms with van der Waals surface area (Å²) in [7, 11) is 0. The summed E-state index contributed by atoms with van der Waals surface area (Å²) in [6.45, 7) is 6.96. The number of amides is 2. The van der Waals surface area contributed by atoms with E-state index < -0.39 is 5.41 Å². The fourth-order valence-corrected chi connectivity index (χ4v) is 2.48. The van der Waals surface area contributed by atoms with Crippen molar-refractivity contribution in [1.82, 2.24) is 10.2 Å². The molecule has 1 heterocycles. The number of likely N-dealkylation sites (tertiary alicyclic amines) is 1. The van der Waals surface area contributed by atoms with Crippen LogP contribution in [-0.2, 0) is 9.59 Å². The molecular formula is C15H28N2O3. The first-order valence-corrected chi connectivity index (χ1v) is 7.55. The quantitative estimate of drug-likeness (QED) is 0.772. The van der Waals surface area contributed by atoms with Crippen molar-refractivity contribution in [2.45, 2.75) is 58.9 Å². The summed E-state index contributed by atoms with van der Waals surface area (Å²) in [5, 5.41) is 11.7. The Morgan fingerprint density at radius 1 is 1.35 bits per heavy atom. The molecule has 0 bridgehead atoms. The second kappa shape index (κ2) is 7.62. The van der Waals surface area contributed by atoms with E-state index in [-0.39, 0.29) is 24.5 Å². The van der Waals surface area contributed by atoms with Crippen LogP contribution in [0.5, 0.6) is 0 Å². The molecule has 0 aromatic heterocycles. The summed E-state index contributed by atoms with van der Waals surface area (Å²) >= 11 is 0. The van der Waals surface area contributed by atoms with E-state index in [1.807, 2.05) is 25.7 Å². The SMILES string of the molecule is CC(C)(C)C(=O)NCCC(=O)N1CCCC1CCCO. The van der Waals surface area contributed by atoms with Crippen LogP contribution in [0.2, 0.25) is 0 Å². The molecule has 20 heavy (non-hydrogen) atoms. The van der Waals surface area contributed by atoms with Gasteiger partial charge in [0.15, 0.2) is 0 Å². The van der Waals surface area contributed by atoms with E-state index in [1.54, 1.807) is 0 Å². The lowest BCUT2D eigenvalue weighted by atomic mass is 9.96. The number of aliphatic hydroxyl groups excluding tert-OH is 1. The normalized spacial score (nSPS) is 19.2. The third kappa shape index (κ3) is 5.12. The Labute approximate surface area is 121 Å². The van der Waals surface area contributed by atoms with Crippen LogP contribution in [0.25, 0.3) is 0 Å². The number of nitrogens with zero attached hydrogens (tertiary/aromatic N) is 1. The lowest BCUT2D eigenvalue weighted by Crippen LogP contribution is -2.40. The topological polar surface area (TPSA) is 69.6 Å². The predicted molar refractivity (Wildman–Crippen MR) is 78.1 cm³/mol. The molecule has 5 heteroatoms. The first kappa shape index (κ1) is 17.0. The van der Waals surface area contributed by atoms with E-state index in [2.05, 4.69) is 5.32 Å². The summed E-state index contributed by atoms with van der Waals surface area (Å²) < 4.78 is 0. The first-order chi connectivity index (χ1) is 9.36. The van der Waals surface area contributed by atoms with Gasteiger partial charge in [-0.05, 0) is 25.7 Å². The zero-order valence-electron chi connectivity index (χ0n) is 12.9. The Hall–Kier alpha value is -1.10. The maximum absolute atomic E-state index is 12.2. The maximum Gasteiger partial charge on any atom is 0.225 e. The molecule has 1 fully saturated rings. The molecule has 0 radical (unpaired) electrons. The average molecular weight is 284 g/mol. The van der Waals surface area contributed by atoms with E-state index in [9.17, 15) is 9.59 Å². The average Bonchev–Trinajstić information content (AvgIpc) is 2.83. The molecule has 0 aromatic rings. The molecule has 2 amide bonds. The van der Waals surface area contributed by atoms with Gasteiger partial charge in [0, 0.05) is 37.6 Å². The second-order valence-corrected chi connectivity index (χ2v) is 6.50. The van der Waals surface area contributed by atoms with Gasteiger partial charge in [0.1, 0.15) is 0 Å². The van der Waals surface area contributed by atoms with Crippen molar-refractivity contribution >= 4 is 11.8 Å². The van der Waals surface area contributed by atoms with Gasteiger partial charge in [-0.3, -0.25) is 9.59 Å². The van der Waals surface area contributed by atoms with E-state index in [0.717, 1.165) is 32.2 Å². The molecule has 1 unspecified atom stereocenters. The lowest BCUT2D eigenvalue weighted by molar-refractivity contribution is -0.132. The predicted octanol–water partition coefficient (Wildman–Crippen LogP) is 1.30. The minimum absolute atomic E-state index is 0.0245. The van der Waals surface area contributed by atoms with Crippen molar-refractivity contribution in [1.29, 1.82) is 0 Å². The lowest BCUT2D eigenvalue weighted by Gasteiger charge is -2.25. The zero-order valence-corrected chi connectivity index (χ0v) is 12.9. The second-order valence-electron chi connectivity index (χ2n) is 6.50. The molecule has 116 valence electrons. The summed E-state index contributed by atoms with van der Waals surface area (Å²) in [6, 6.07) is 0.271. The van der Waals surface area contributed by atoms with Gasteiger partial charge in [0.25, 0.3) is 0 Å². The highest BCUT2D eigenvalue weighted by atomic mass is 16.3. The van der Waals surface area contributed by atoms with Crippen LogP contribution in [0.3, 0.4) is 0 Å². The molecule has 2 N–H and O–H groups in total.